The molecule has 0 saturated carbocycles. The minimum atomic E-state index is -0.421. The maximum absolute atomic E-state index is 11.5. The van der Waals surface area contributed by atoms with E-state index in [0.717, 1.165) is 24.1 Å². The van der Waals surface area contributed by atoms with E-state index in [4.69, 9.17) is 4.74 Å². The number of rotatable bonds is 13. The van der Waals surface area contributed by atoms with E-state index in [2.05, 4.69) is 18.5 Å². The van der Waals surface area contributed by atoms with E-state index in [1.54, 1.807) is 6.20 Å². The summed E-state index contributed by atoms with van der Waals surface area (Å²) in [6, 6.07) is 1.87. The van der Waals surface area contributed by atoms with E-state index in [1.165, 1.54) is 63.9 Å². The van der Waals surface area contributed by atoms with Gasteiger partial charge in [0.05, 0.1) is 5.69 Å². The normalized spacial score (nSPS) is 10.6. The Labute approximate surface area is 147 Å². The van der Waals surface area contributed by atoms with Crippen LogP contribution in [-0.2, 0) is 11.2 Å². The van der Waals surface area contributed by atoms with E-state index in [-0.39, 0.29) is 0 Å². The minimum Gasteiger partial charge on any atom is -0.421 e. The fourth-order valence-electron chi connectivity index (χ4n) is 2.84. The Morgan fingerprint density at radius 3 is 2.25 bits per heavy atom. The minimum absolute atomic E-state index is 0.421. The number of esters is 1. The van der Waals surface area contributed by atoms with Gasteiger partial charge in [-0.05, 0) is 31.4 Å². The first-order valence-corrected chi connectivity index (χ1v) is 9.47. The molecule has 0 radical (unpaired) electrons. The topological polar surface area (TPSA) is 39.2 Å². The summed E-state index contributed by atoms with van der Waals surface area (Å²) in [6.45, 7) is 7.65. The van der Waals surface area contributed by atoms with Crippen LogP contribution in [0.25, 0.3) is 0 Å². The highest BCUT2D eigenvalue weighted by Gasteiger charge is 2.11. The number of hydrogen-bond donors (Lipinski definition) is 0. The molecule has 134 valence electrons. The molecule has 0 aliphatic rings. The third-order valence-electron chi connectivity index (χ3n) is 4.31. The Morgan fingerprint density at radius 2 is 1.67 bits per heavy atom. The summed E-state index contributed by atoms with van der Waals surface area (Å²) in [5.41, 5.74) is 1.83. The van der Waals surface area contributed by atoms with Gasteiger partial charge in [0.25, 0.3) is 0 Å². The predicted octanol–water partition coefficient (Wildman–Crippen LogP) is 5.94. The van der Waals surface area contributed by atoms with E-state index in [0.29, 0.717) is 5.75 Å². The van der Waals surface area contributed by atoms with Gasteiger partial charge >= 0.3 is 5.97 Å². The van der Waals surface area contributed by atoms with Gasteiger partial charge in [-0.3, -0.25) is 4.98 Å². The Morgan fingerprint density at radius 1 is 1.08 bits per heavy atom. The lowest BCUT2D eigenvalue weighted by Crippen LogP contribution is -2.08. The summed E-state index contributed by atoms with van der Waals surface area (Å²) in [5, 5.41) is 0. The summed E-state index contributed by atoms with van der Waals surface area (Å²) < 4.78 is 5.35. The second kappa shape index (κ2) is 12.7. The van der Waals surface area contributed by atoms with Crippen molar-refractivity contribution in [2.75, 3.05) is 0 Å². The van der Waals surface area contributed by atoms with Gasteiger partial charge in [-0.2, -0.15) is 0 Å². The number of ether oxygens (including phenoxy) is 1. The van der Waals surface area contributed by atoms with Crippen LogP contribution in [0.3, 0.4) is 0 Å². The molecule has 3 nitrogen and oxygen atoms in total. The van der Waals surface area contributed by atoms with E-state index in [1.807, 2.05) is 13.0 Å². The second-order valence-electron chi connectivity index (χ2n) is 6.46. The number of carbonyl (C=O) groups excluding carboxylic acids is 1. The van der Waals surface area contributed by atoms with Crippen LogP contribution in [-0.4, -0.2) is 11.0 Å². The molecule has 1 aromatic rings. The van der Waals surface area contributed by atoms with Crippen molar-refractivity contribution in [2.45, 2.75) is 84.5 Å². The molecule has 24 heavy (non-hydrogen) atoms. The molecule has 0 spiro atoms. The molecular formula is C21H33NO2. The Balaban J connectivity index is 2.24. The molecule has 0 unspecified atom stereocenters. The number of carbonyl (C=O) groups is 1. The van der Waals surface area contributed by atoms with Crippen molar-refractivity contribution < 1.29 is 9.53 Å². The van der Waals surface area contributed by atoms with Gasteiger partial charge in [-0.15, -0.1) is 0 Å². The van der Waals surface area contributed by atoms with Crippen molar-refractivity contribution >= 4 is 5.97 Å². The molecule has 0 bridgehead atoms. The van der Waals surface area contributed by atoms with Gasteiger partial charge in [0.2, 0.25) is 0 Å². The van der Waals surface area contributed by atoms with Crippen molar-refractivity contribution in [3.8, 4) is 5.75 Å². The maximum Gasteiger partial charge on any atom is 0.335 e. The summed E-state index contributed by atoms with van der Waals surface area (Å²) in [7, 11) is 0. The van der Waals surface area contributed by atoms with E-state index < -0.39 is 5.97 Å². The molecule has 1 heterocycles. The third-order valence-corrected chi connectivity index (χ3v) is 4.31. The largest absolute Gasteiger partial charge is 0.421 e. The van der Waals surface area contributed by atoms with Crippen molar-refractivity contribution in [3.05, 3.63) is 36.2 Å². The fourth-order valence-corrected chi connectivity index (χ4v) is 2.84. The summed E-state index contributed by atoms with van der Waals surface area (Å²) in [5.74, 6) is 0.189. The number of nitrogens with zero attached hydrogens (tertiary/aromatic N) is 1. The molecule has 1 aromatic heterocycles. The Hall–Kier alpha value is -1.64. The number of unbranched alkanes of at least 4 members (excludes halogenated alkanes) is 9. The van der Waals surface area contributed by atoms with Crippen LogP contribution in [0.15, 0.2) is 24.9 Å². The van der Waals surface area contributed by atoms with Crippen molar-refractivity contribution in [1.29, 1.82) is 0 Å². The summed E-state index contributed by atoms with van der Waals surface area (Å²) >= 11 is 0. The molecule has 0 aliphatic carbocycles. The van der Waals surface area contributed by atoms with E-state index in [9.17, 15) is 4.79 Å². The van der Waals surface area contributed by atoms with Gasteiger partial charge in [0.15, 0.2) is 5.75 Å². The maximum atomic E-state index is 11.5. The molecule has 0 aliphatic heterocycles. The average molecular weight is 332 g/mol. The summed E-state index contributed by atoms with van der Waals surface area (Å²) in [4.78, 5) is 15.9. The van der Waals surface area contributed by atoms with Crippen LogP contribution in [0.1, 0.15) is 82.4 Å². The highest BCUT2D eigenvalue weighted by atomic mass is 16.5. The molecule has 0 aromatic carbocycles. The average Bonchev–Trinajstić information content (AvgIpc) is 2.59. The van der Waals surface area contributed by atoms with Gasteiger partial charge in [0.1, 0.15) is 0 Å². The zero-order valence-electron chi connectivity index (χ0n) is 15.5. The first-order chi connectivity index (χ1) is 11.7. The van der Waals surface area contributed by atoms with Crippen LogP contribution >= 0.6 is 0 Å². The highest BCUT2D eigenvalue weighted by Crippen LogP contribution is 2.23. The molecule has 0 amide bonds. The van der Waals surface area contributed by atoms with Crippen LogP contribution in [0.4, 0.5) is 0 Å². The lowest BCUT2D eigenvalue weighted by molar-refractivity contribution is -0.129. The van der Waals surface area contributed by atoms with Gasteiger partial charge in [-0.1, -0.05) is 71.3 Å². The summed E-state index contributed by atoms with van der Waals surface area (Å²) in [6.07, 6.45) is 16.9. The lowest BCUT2D eigenvalue weighted by Gasteiger charge is -2.10. The van der Waals surface area contributed by atoms with Crippen LogP contribution in [0.2, 0.25) is 0 Å². The predicted molar refractivity (Wildman–Crippen MR) is 100 cm³/mol. The van der Waals surface area contributed by atoms with Crippen molar-refractivity contribution in [3.63, 3.8) is 0 Å². The number of pyridine rings is 1. The zero-order valence-corrected chi connectivity index (χ0v) is 15.5. The van der Waals surface area contributed by atoms with Crippen LogP contribution in [0.5, 0.6) is 5.75 Å². The second-order valence-corrected chi connectivity index (χ2v) is 6.46. The van der Waals surface area contributed by atoms with Crippen LogP contribution in [0, 0.1) is 6.92 Å². The third kappa shape index (κ3) is 8.28. The van der Waals surface area contributed by atoms with E-state index >= 15 is 0 Å². The van der Waals surface area contributed by atoms with Gasteiger partial charge < -0.3 is 4.74 Å². The van der Waals surface area contributed by atoms with Crippen LogP contribution < -0.4 is 4.74 Å². The SMILES string of the molecule is C=CC(=O)Oc1c(C)ccnc1CCCCCCCCCCCC. The molecule has 0 atom stereocenters. The Bertz CT molecular complexity index is 497. The number of aryl methyl sites for hydroxylation is 2. The number of aromatic nitrogens is 1. The Kier molecular flexibility index (Phi) is 10.8. The van der Waals surface area contributed by atoms with Crippen molar-refractivity contribution in [2.24, 2.45) is 0 Å². The molecule has 1 rings (SSSR count). The molecular weight excluding hydrogens is 298 g/mol. The molecule has 0 N–H and O–H groups in total. The highest BCUT2D eigenvalue weighted by molar-refractivity contribution is 5.83. The standard InChI is InChI=1S/C21H33NO2/c1-4-6-7-8-9-10-11-12-13-14-15-19-21(24-20(23)5-2)18(3)16-17-22-19/h5,16-17H,2,4,6-15H2,1,3H3. The zero-order chi connectivity index (χ0) is 17.6. The first-order valence-electron chi connectivity index (χ1n) is 9.47. The van der Waals surface area contributed by atoms with Gasteiger partial charge in [0, 0.05) is 12.3 Å². The quantitative estimate of drug-likeness (QED) is 0.255. The first kappa shape index (κ1) is 20.4. The lowest BCUT2D eigenvalue weighted by atomic mass is 10.0. The van der Waals surface area contributed by atoms with Gasteiger partial charge in [-0.25, -0.2) is 4.79 Å². The smallest absolute Gasteiger partial charge is 0.335 e. The number of hydrogen-bond acceptors (Lipinski definition) is 3. The van der Waals surface area contributed by atoms with Crippen molar-refractivity contribution in [1.82, 2.24) is 4.98 Å². The monoisotopic (exact) mass is 331 g/mol. The molecule has 0 saturated heterocycles. The molecule has 3 heteroatoms. The fraction of sp³-hybridized carbons (Fsp3) is 0.619. The molecule has 0 fully saturated rings.